The van der Waals surface area contributed by atoms with Crippen LogP contribution >= 0.6 is 15.9 Å². The topological polar surface area (TPSA) is 79.2 Å². The minimum absolute atomic E-state index is 0.204. The molecule has 0 aliphatic carbocycles. The molecule has 0 atom stereocenters. The number of nitrogens with zero attached hydrogens (tertiary/aromatic N) is 2. The van der Waals surface area contributed by atoms with Crippen LogP contribution in [-0.4, -0.2) is 67.5 Å². The van der Waals surface area contributed by atoms with Crippen molar-refractivity contribution in [1.82, 2.24) is 9.47 Å². The Morgan fingerprint density at radius 3 is 2.48 bits per heavy atom. The molecule has 2 aromatic rings. The smallest absolute Gasteiger partial charge is 0.344 e. The fourth-order valence-corrected chi connectivity index (χ4v) is 4.44. The maximum Gasteiger partial charge on any atom is 0.344 e. The van der Waals surface area contributed by atoms with Crippen molar-refractivity contribution in [3.63, 3.8) is 0 Å². The summed E-state index contributed by atoms with van der Waals surface area (Å²) in [5.74, 6) is -0.310. The van der Waals surface area contributed by atoms with Gasteiger partial charge in [-0.2, -0.15) is 0 Å². The van der Waals surface area contributed by atoms with Crippen molar-refractivity contribution in [1.29, 1.82) is 0 Å². The number of morpholine rings is 1. The third-order valence-corrected chi connectivity index (χ3v) is 6.19. The predicted molar refractivity (Wildman–Crippen MR) is 129 cm³/mol. The van der Waals surface area contributed by atoms with Gasteiger partial charge in [0, 0.05) is 37.3 Å². The summed E-state index contributed by atoms with van der Waals surface area (Å²) in [5, 5.41) is 0.759. The molecule has 0 saturated carbocycles. The van der Waals surface area contributed by atoms with Crippen LogP contribution in [0.2, 0.25) is 0 Å². The zero-order valence-electron chi connectivity index (χ0n) is 19.7. The van der Waals surface area contributed by atoms with Crippen LogP contribution < -0.4 is 4.74 Å². The minimum Gasteiger partial charge on any atom is -0.481 e. The van der Waals surface area contributed by atoms with Gasteiger partial charge in [0.25, 0.3) is 0 Å². The highest BCUT2D eigenvalue weighted by Crippen LogP contribution is 2.36. The molecule has 0 radical (unpaired) electrons. The van der Waals surface area contributed by atoms with Crippen molar-refractivity contribution in [2.24, 2.45) is 0 Å². The molecule has 1 fully saturated rings. The first-order chi connectivity index (χ1) is 16.0. The van der Waals surface area contributed by atoms with Crippen LogP contribution in [0.5, 0.6) is 5.75 Å². The fourth-order valence-electron chi connectivity index (χ4n) is 3.99. The molecule has 33 heavy (non-hydrogen) atoms. The highest BCUT2D eigenvalue weighted by atomic mass is 79.9. The van der Waals surface area contributed by atoms with Gasteiger partial charge >= 0.3 is 11.9 Å². The van der Waals surface area contributed by atoms with Gasteiger partial charge in [0.05, 0.1) is 42.0 Å². The van der Waals surface area contributed by atoms with Gasteiger partial charge in [-0.15, -0.1) is 0 Å². The standard InChI is InChI=1S/C24H33BrN2O6/c1-4-7-8-27-19-14-18(25)21(33-16-22(28)31-5-2)13-17(19)23(24(29)32-6-3)20(27)15-26-9-11-30-12-10-26/h13-14H,4-12,15-16H2,1-3H3. The number of aromatic nitrogens is 1. The molecule has 0 bridgehead atoms. The molecular weight excluding hydrogens is 492 g/mol. The number of hydrogen-bond donors (Lipinski definition) is 0. The quantitative estimate of drug-likeness (QED) is 0.408. The van der Waals surface area contributed by atoms with Crippen LogP contribution in [0, 0.1) is 0 Å². The highest BCUT2D eigenvalue weighted by molar-refractivity contribution is 9.10. The summed E-state index contributed by atoms with van der Waals surface area (Å²) in [7, 11) is 0. The maximum absolute atomic E-state index is 13.2. The zero-order chi connectivity index (χ0) is 23.8. The third-order valence-electron chi connectivity index (χ3n) is 5.57. The molecule has 1 aliphatic heterocycles. The lowest BCUT2D eigenvalue weighted by Gasteiger charge is -2.27. The number of carbonyl (C=O) groups is 2. The van der Waals surface area contributed by atoms with Crippen LogP contribution in [0.15, 0.2) is 16.6 Å². The van der Waals surface area contributed by atoms with Crippen molar-refractivity contribution in [2.45, 2.75) is 46.7 Å². The number of esters is 2. The number of benzene rings is 1. The Morgan fingerprint density at radius 1 is 1.09 bits per heavy atom. The number of aryl methyl sites for hydroxylation is 1. The number of rotatable bonds is 11. The van der Waals surface area contributed by atoms with Crippen molar-refractivity contribution in [3.8, 4) is 5.75 Å². The van der Waals surface area contributed by atoms with E-state index in [1.807, 2.05) is 12.1 Å². The van der Waals surface area contributed by atoms with Gasteiger partial charge in [-0.25, -0.2) is 9.59 Å². The number of hydrogen-bond acceptors (Lipinski definition) is 7. The first-order valence-electron chi connectivity index (χ1n) is 11.6. The minimum atomic E-state index is -0.441. The van der Waals surface area contributed by atoms with E-state index in [1.165, 1.54) is 0 Å². The van der Waals surface area contributed by atoms with Crippen molar-refractivity contribution in [3.05, 3.63) is 27.9 Å². The summed E-state index contributed by atoms with van der Waals surface area (Å²) in [5.41, 5.74) is 2.43. The maximum atomic E-state index is 13.2. The molecule has 3 rings (SSSR count). The summed E-state index contributed by atoms with van der Waals surface area (Å²) < 4.78 is 24.6. The van der Waals surface area contributed by atoms with Gasteiger partial charge in [-0.1, -0.05) is 13.3 Å². The van der Waals surface area contributed by atoms with E-state index in [1.54, 1.807) is 13.8 Å². The van der Waals surface area contributed by atoms with Crippen molar-refractivity contribution < 1.29 is 28.5 Å². The van der Waals surface area contributed by atoms with Gasteiger partial charge in [0.2, 0.25) is 0 Å². The highest BCUT2D eigenvalue weighted by Gasteiger charge is 2.27. The molecule has 0 spiro atoms. The van der Waals surface area contributed by atoms with E-state index in [2.05, 4.69) is 32.3 Å². The normalized spacial score (nSPS) is 14.4. The molecule has 1 aliphatic rings. The predicted octanol–water partition coefficient (Wildman–Crippen LogP) is 4.15. The van der Waals surface area contributed by atoms with E-state index in [0.717, 1.165) is 49.1 Å². The lowest BCUT2D eigenvalue weighted by molar-refractivity contribution is -0.145. The van der Waals surface area contributed by atoms with Crippen molar-refractivity contribution >= 4 is 38.8 Å². The largest absolute Gasteiger partial charge is 0.481 e. The van der Waals surface area contributed by atoms with Crippen LogP contribution in [0.25, 0.3) is 10.9 Å². The Morgan fingerprint density at radius 2 is 1.82 bits per heavy atom. The lowest BCUT2D eigenvalue weighted by atomic mass is 10.1. The third kappa shape index (κ3) is 6.28. The van der Waals surface area contributed by atoms with Crippen LogP contribution in [0.3, 0.4) is 0 Å². The van der Waals surface area contributed by atoms with E-state index in [-0.39, 0.29) is 12.6 Å². The average molecular weight is 525 g/mol. The molecular formula is C24H33BrN2O6. The molecule has 0 amide bonds. The SMILES string of the molecule is CCCCn1c(CN2CCOCC2)c(C(=O)OCC)c2cc(OCC(=O)OCC)c(Br)cc21. The summed E-state index contributed by atoms with van der Waals surface area (Å²) in [6, 6.07) is 3.77. The Kier molecular flexibility index (Phi) is 9.58. The second kappa shape index (κ2) is 12.4. The van der Waals surface area contributed by atoms with E-state index in [0.29, 0.717) is 48.8 Å². The Balaban J connectivity index is 2.09. The van der Waals surface area contributed by atoms with Crippen molar-refractivity contribution in [2.75, 3.05) is 46.1 Å². The number of carbonyl (C=O) groups excluding carboxylic acids is 2. The molecule has 182 valence electrons. The Labute approximate surface area is 203 Å². The van der Waals surface area contributed by atoms with E-state index >= 15 is 0 Å². The Bertz CT molecular complexity index is 968. The van der Waals surface area contributed by atoms with Crippen LogP contribution in [-0.2, 0) is 32.1 Å². The van der Waals surface area contributed by atoms with Gasteiger partial charge in [0.15, 0.2) is 6.61 Å². The number of fused-ring (bicyclic) bond motifs is 1. The molecule has 9 heteroatoms. The Hall–Kier alpha value is -2.10. The molecule has 8 nitrogen and oxygen atoms in total. The monoisotopic (exact) mass is 524 g/mol. The van der Waals surface area contributed by atoms with E-state index < -0.39 is 5.97 Å². The molecule has 1 aromatic carbocycles. The van der Waals surface area contributed by atoms with Gasteiger partial charge in [-0.3, -0.25) is 4.90 Å². The fraction of sp³-hybridized carbons (Fsp3) is 0.583. The number of halogens is 1. The average Bonchev–Trinajstić information content (AvgIpc) is 3.08. The van der Waals surface area contributed by atoms with E-state index in [4.69, 9.17) is 18.9 Å². The molecule has 0 N–H and O–H groups in total. The first-order valence-corrected chi connectivity index (χ1v) is 12.4. The summed E-state index contributed by atoms with van der Waals surface area (Å²) in [4.78, 5) is 27.2. The summed E-state index contributed by atoms with van der Waals surface area (Å²) in [6.45, 7) is 10.5. The lowest BCUT2D eigenvalue weighted by Crippen LogP contribution is -2.36. The second-order valence-electron chi connectivity index (χ2n) is 7.83. The van der Waals surface area contributed by atoms with Gasteiger partial charge in [-0.05, 0) is 48.3 Å². The first kappa shape index (κ1) is 25.5. The zero-order valence-corrected chi connectivity index (χ0v) is 21.2. The van der Waals surface area contributed by atoms with Gasteiger partial charge < -0.3 is 23.5 Å². The number of ether oxygens (including phenoxy) is 4. The summed E-state index contributed by atoms with van der Waals surface area (Å²) in [6.07, 6.45) is 2.02. The van der Waals surface area contributed by atoms with Crippen LogP contribution in [0.1, 0.15) is 49.7 Å². The molecule has 1 saturated heterocycles. The second-order valence-corrected chi connectivity index (χ2v) is 8.68. The molecule has 1 aromatic heterocycles. The number of unbranched alkanes of at least 4 members (excludes halogenated alkanes) is 1. The van der Waals surface area contributed by atoms with Crippen LogP contribution in [0.4, 0.5) is 0 Å². The summed E-state index contributed by atoms with van der Waals surface area (Å²) >= 11 is 3.58. The molecule has 0 unspecified atom stereocenters. The molecule has 2 heterocycles. The van der Waals surface area contributed by atoms with E-state index in [9.17, 15) is 9.59 Å². The van der Waals surface area contributed by atoms with Gasteiger partial charge in [0.1, 0.15) is 5.75 Å².